The maximum absolute atomic E-state index is 12.2. The van der Waals surface area contributed by atoms with E-state index in [0.717, 1.165) is 0 Å². The van der Waals surface area contributed by atoms with Gasteiger partial charge in [0.15, 0.2) is 6.10 Å². The minimum absolute atomic E-state index is 0.325. The van der Waals surface area contributed by atoms with E-state index in [1.54, 1.807) is 37.3 Å². The third kappa shape index (κ3) is 4.09. The van der Waals surface area contributed by atoms with Crippen molar-refractivity contribution in [2.75, 3.05) is 11.1 Å². The molecule has 0 aliphatic carbocycles. The normalized spacial score (nSPS) is 11.5. The minimum Gasteiger partial charge on any atom is -0.449 e. The summed E-state index contributed by atoms with van der Waals surface area (Å²) in [7, 11) is 0. The van der Waals surface area contributed by atoms with Crippen LogP contribution in [0.5, 0.6) is 0 Å². The first-order chi connectivity index (χ1) is 10.6. The Labute approximate surface area is 129 Å². The molecule has 0 heterocycles. The first-order valence-electron chi connectivity index (χ1n) is 7.02. The first kappa shape index (κ1) is 15.6. The highest BCUT2D eigenvalue weighted by Crippen LogP contribution is 2.12. The minimum atomic E-state index is -0.853. The number of esters is 1. The Morgan fingerprint density at radius 2 is 1.86 bits per heavy atom. The van der Waals surface area contributed by atoms with E-state index in [9.17, 15) is 9.59 Å². The number of amides is 1. The van der Waals surface area contributed by atoms with Gasteiger partial charge in [-0.05, 0) is 36.8 Å². The lowest BCUT2D eigenvalue weighted by Gasteiger charge is -2.16. The first-order valence-corrected chi connectivity index (χ1v) is 7.02. The van der Waals surface area contributed by atoms with Crippen molar-refractivity contribution < 1.29 is 14.3 Å². The fourth-order valence-electron chi connectivity index (χ4n) is 1.93. The average molecular weight is 298 g/mol. The van der Waals surface area contributed by atoms with Crippen LogP contribution in [-0.2, 0) is 9.53 Å². The Hall–Kier alpha value is -2.82. The van der Waals surface area contributed by atoms with Crippen molar-refractivity contribution in [2.24, 2.45) is 0 Å². The summed E-state index contributed by atoms with van der Waals surface area (Å²) in [5, 5.41) is 2.72. The number of nitrogen functional groups attached to an aromatic ring is 1. The van der Waals surface area contributed by atoms with Gasteiger partial charge in [-0.1, -0.05) is 31.2 Å². The molecular formula is C17H18N2O3. The van der Waals surface area contributed by atoms with E-state index in [4.69, 9.17) is 10.5 Å². The van der Waals surface area contributed by atoms with Crippen molar-refractivity contribution in [1.29, 1.82) is 0 Å². The SMILES string of the molecule is CCC(OC(=O)c1cccc(N)c1)C(=O)Nc1ccccc1. The van der Waals surface area contributed by atoms with Gasteiger partial charge in [-0.15, -0.1) is 0 Å². The maximum atomic E-state index is 12.2. The van der Waals surface area contributed by atoms with Crippen molar-refractivity contribution in [2.45, 2.75) is 19.4 Å². The topological polar surface area (TPSA) is 81.4 Å². The molecule has 2 aromatic rings. The molecule has 1 atom stereocenters. The molecule has 0 aliphatic heterocycles. The standard InChI is InChI=1S/C17H18N2O3/c1-2-15(16(20)19-14-9-4-3-5-10-14)22-17(21)12-7-6-8-13(18)11-12/h3-11,15H,2,18H2,1H3,(H,19,20). The summed E-state index contributed by atoms with van der Waals surface area (Å²) in [5.74, 6) is -0.923. The van der Waals surface area contributed by atoms with E-state index in [-0.39, 0.29) is 5.91 Å². The van der Waals surface area contributed by atoms with Gasteiger partial charge in [-0.2, -0.15) is 0 Å². The second kappa shape index (κ2) is 7.26. The zero-order chi connectivity index (χ0) is 15.9. The second-order valence-corrected chi connectivity index (χ2v) is 4.78. The number of nitrogens with two attached hydrogens (primary N) is 1. The fraction of sp³-hybridized carbons (Fsp3) is 0.176. The zero-order valence-electron chi connectivity index (χ0n) is 12.3. The Morgan fingerprint density at radius 1 is 1.14 bits per heavy atom. The number of nitrogens with one attached hydrogen (secondary N) is 1. The van der Waals surface area contributed by atoms with Crippen LogP contribution in [0.2, 0.25) is 0 Å². The Morgan fingerprint density at radius 3 is 2.50 bits per heavy atom. The van der Waals surface area contributed by atoms with Crippen molar-refractivity contribution in [1.82, 2.24) is 0 Å². The quantitative estimate of drug-likeness (QED) is 0.657. The number of ether oxygens (including phenoxy) is 1. The molecule has 2 aromatic carbocycles. The van der Waals surface area contributed by atoms with Crippen LogP contribution in [0.1, 0.15) is 23.7 Å². The molecule has 3 N–H and O–H groups in total. The third-order valence-corrected chi connectivity index (χ3v) is 3.08. The molecule has 0 radical (unpaired) electrons. The highest BCUT2D eigenvalue weighted by atomic mass is 16.5. The van der Waals surface area contributed by atoms with Gasteiger partial charge in [0.2, 0.25) is 0 Å². The lowest BCUT2D eigenvalue weighted by molar-refractivity contribution is -0.124. The van der Waals surface area contributed by atoms with E-state index < -0.39 is 12.1 Å². The number of para-hydroxylation sites is 1. The van der Waals surface area contributed by atoms with Gasteiger partial charge in [0, 0.05) is 11.4 Å². The average Bonchev–Trinajstić information content (AvgIpc) is 2.53. The Bertz CT molecular complexity index is 656. The van der Waals surface area contributed by atoms with Gasteiger partial charge in [0.25, 0.3) is 5.91 Å². The number of benzene rings is 2. The summed E-state index contributed by atoms with van der Waals surface area (Å²) in [5.41, 5.74) is 7.09. The van der Waals surface area contributed by atoms with Crippen LogP contribution in [0.15, 0.2) is 54.6 Å². The van der Waals surface area contributed by atoms with Crippen molar-refractivity contribution >= 4 is 23.3 Å². The number of rotatable bonds is 5. The molecule has 0 fully saturated rings. The molecule has 0 aromatic heterocycles. The van der Waals surface area contributed by atoms with E-state index >= 15 is 0 Å². The van der Waals surface area contributed by atoms with Gasteiger partial charge < -0.3 is 15.8 Å². The lowest BCUT2D eigenvalue weighted by atomic mass is 10.2. The molecule has 0 bridgehead atoms. The molecule has 5 heteroatoms. The number of hydrogen-bond donors (Lipinski definition) is 2. The Kier molecular flexibility index (Phi) is 5.14. The smallest absolute Gasteiger partial charge is 0.338 e. The molecule has 2 rings (SSSR count). The molecule has 0 saturated carbocycles. The summed E-state index contributed by atoms with van der Waals surface area (Å²) in [6.45, 7) is 1.78. The van der Waals surface area contributed by atoms with E-state index in [1.165, 1.54) is 6.07 Å². The molecule has 0 aliphatic rings. The highest BCUT2D eigenvalue weighted by Gasteiger charge is 2.22. The van der Waals surface area contributed by atoms with Gasteiger partial charge in [0.1, 0.15) is 0 Å². The van der Waals surface area contributed by atoms with Gasteiger partial charge in [0.05, 0.1) is 5.56 Å². The molecule has 0 spiro atoms. The monoisotopic (exact) mass is 298 g/mol. The van der Waals surface area contributed by atoms with Gasteiger partial charge in [-0.3, -0.25) is 4.79 Å². The van der Waals surface area contributed by atoms with Crippen LogP contribution in [0, 0.1) is 0 Å². The zero-order valence-corrected chi connectivity index (χ0v) is 12.3. The summed E-state index contributed by atoms with van der Waals surface area (Å²) in [4.78, 5) is 24.2. The molecule has 114 valence electrons. The second-order valence-electron chi connectivity index (χ2n) is 4.78. The van der Waals surface area contributed by atoms with E-state index in [1.807, 2.05) is 18.2 Å². The number of carbonyl (C=O) groups is 2. The molecule has 1 unspecified atom stereocenters. The van der Waals surface area contributed by atoms with Crippen LogP contribution < -0.4 is 11.1 Å². The summed E-state index contributed by atoms with van der Waals surface area (Å²) < 4.78 is 5.27. The van der Waals surface area contributed by atoms with E-state index in [0.29, 0.717) is 23.4 Å². The number of carbonyl (C=O) groups excluding carboxylic acids is 2. The van der Waals surface area contributed by atoms with Crippen LogP contribution in [0.25, 0.3) is 0 Å². The lowest BCUT2D eigenvalue weighted by Crippen LogP contribution is -2.32. The molecule has 1 amide bonds. The molecule has 0 saturated heterocycles. The predicted molar refractivity (Wildman–Crippen MR) is 85.4 cm³/mol. The largest absolute Gasteiger partial charge is 0.449 e. The summed E-state index contributed by atoms with van der Waals surface area (Å²) in [6.07, 6.45) is -0.471. The van der Waals surface area contributed by atoms with Crippen LogP contribution >= 0.6 is 0 Å². The van der Waals surface area contributed by atoms with Crippen LogP contribution in [0.4, 0.5) is 11.4 Å². The van der Waals surface area contributed by atoms with Gasteiger partial charge >= 0.3 is 5.97 Å². The predicted octanol–water partition coefficient (Wildman–Crippen LogP) is 2.84. The number of hydrogen-bond acceptors (Lipinski definition) is 4. The number of anilines is 2. The van der Waals surface area contributed by atoms with Crippen LogP contribution in [-0.4, -0.2) is 18.0 Å². The molecular weight excluding hydrogens is 280 g/mol. The fourth-order valence-corrected chi connectivity index (χ4v) is 1.93. The summed E-state index contributed by atoms with van der Waals surface area (Å²) >= 11 is 0. The molecule has 5 nitrogen and oxygen atoms in total. The van der Waals surface area contributed by atoms with Gasteiger partial charge in [-0.25, -0.2) is 4.79 Å². The summed E-state index contributed by atoms with van der Waals surface area (Å²) in [6, 6.07) is 15.5. The highest BCUT2D eigenvalue weighted by molar-refractivity contribution is 5.97. The third-order valence-electron chi connectivity index (χ3n) is 3.08. The van der Waals surface area contributed by atoms with Crippen LogP contribution in [0.3, 0.4) is 0 Å². The Balaban J connectivity index is 2.02. The van der Waals surface area contributed by atoms with Crippen molar-refractivity contribution in [3.8, 4) is 0 Å². The molecule has 22 heavy (non-hydrogen) atoms. The van der Waals surface area contributed by atoms with Crippen molar-refractivity contribution in [3.05, 3.63) is 60.2 Å². The van der Waals surface area contributed by atoms with Crippen molar-refractivity contribution in [3.63, 3.8) is 0 Å². The van der Waals surface area contributed by atoms with E-state index in [2.05, 4.69) is 5.32 Å². The maximum Gasteiger partial charge on any atom is 0.338 e.